The lowest BCUT2D eigenvalue weighted by Crippen LogP contribution is -2.68. The third kappa shape index (κ3) is 3.77. The summed E-state index contributed by atoms with van der Waals surface area (Å²) in [5.74, 6) is -0.292. The van der Waals surface area contributed by atoms with Gasteiger partial charge in [-0.3, -0.25) is 9.59 Å². The van der Waals surface area contributed by atoms with Gasteiger partial charge >= 0.3 is 0 Å². The molecule has 26 heavy (non-hydrogen) atoms. The van der Waals surface area contributed by atoms with Crippen molar-refractivity contribution in [3.8, 4) is 0 Å². The molecule has 1 aliphatic carbocycles. The van der Waals surface area contributed by atoms with Gasteiger partial charge in [-0.15, -0.1) is 0 Å². The van der Waals surface area contributed by atoms with Crippen LogP contribution in [0.25, 0.3) is 0 Å². The molecular weight excluding hydrogens is 352 g/mol. The minimum absolute atomic E-state index is 0.0383. The molecule has 1 atom stereocenters. The van der Waals surface area contributed by atoms with E-state index < -0.39 is 21.5 Å². The Hall–Kier alpha value is -1.89. The lowest BCUT2D eigenvalue weighted by atomic mass is 9.82. The van der Waals surface area contributed by atoms with E-state index >= 15 is 0 Å². The minimum atomic E-state index is -3.93. The zero-order chi connectivity index (χ0) is 18.8. The largest absolute Gasteiger partial charge is 0.328 e. The highest BCUT2D eigenvalue weighted by atomic mass is 32.2. The Kier molecular flexibility index (Phi) is 5.37. The van der Waals surface area contributed by atoms with Crippen molar-refractivity contribution in [1.29, 1.82) is 0 Å². The number of amides is 2. The van der Waals surface area contributed by atoms with Gasteiger partial charge in [0.05, 0.1) is 4.90 Å². The van der Waals surface area contributed by atoms with Crippen LogP contribution in [0.3, 0.4) is 0 Å². The van der Waals surface area contributed by atoms with E-state index in [1.807, 2.05) is 0 Å². The summed E-state index contributed by atoms with van der Waals surface area (Å²) in [6, 6.07) is 7.78. The molecule has 0 aromatic heterocycles. The Morgan fingerprint density at radius 1 is 1.15 bits per heavy atom. The Morgan fingerprint density at radius 3 is 2.38 bits per heavy atom. The van der Waals surface area contributed by atoms with E-state index in [2.05, 4.69) is 4.72 Å². The summed E-state index contributed by atoms with van der Waals surface area (Å²) in [5, 5.41) is 0. The fourth-order valence-corrected chi connectivity index (χ4v) is 4.93. The van der Waals surface area contributed by atoms with Crippen LogP contribution in [0.4, 0.5) is 0 Å². The van der Waals surface area contributed by atoms with Crippen LogP contribution in [0.2, 0.25) is 0 Å². The Labute approximate surface area is 155 Å². The number of nitrogens with one attached hydrogen (secondary N) is 1. The summed E-state index contributed by atoms with van der Waals surface area (Å²) in [4.78, 5) is 26.9. The highest BCUT2D eigenvalue weighted by Crippen LogP contribution is 2.34. The van der Waals surface area contributed by atoms with Crippen LogP contribution >= 0.6 is 0 Å². The monoisotopic (exact) mass is 378 g/mol. The highest BCUT2D eigenvalue weighted by molar-refractivity contribution is 7.90. The van der Waals surface area contributed by atoms with Crippen molar-refractivity contribution in [3.05, 3.63) is 30.3 Å². The van der Waals surface area contributed by atoms with Crippen molar-refractivity contribution in [2.45, 2.75) is 62.3 Å². The van der Waals surface area contributed by atoms with Gasteiger partial charge in [-0.25, -0.2) is 13.1 Å². The number of rotatable bonds is 5. The quantitative estimate of drug-likeness (QED) is 0.853. The van der Waals surface area contributed by atoms with Crippen molar-refractivity contribution in [2.24, 2.45) is 5.92 Å². The van der Waals surface area contributed by atoms with Gasteiger partial charge in [-0.2, -0.15) is 0 Å². The van der Waals surface area contributed by atoms with E-state index in [4.69, 9.17) is 0 Å². The van der Waals surface area contributed by atoms with Crippen molar-refractivity contribution in [1.82, 2.24) is 9.62 Å². The third-order valence-electron chi connectivity index (χ3n) is 5.68. The van der Waals surface area contributed by atoms with E-state index in [0.29, 0.717) is 25.3 Å². The molecule has 2 fully saturated rings. The van der Waals surface area contributed by atoms with Gasteiger partial charge in [0.2, 0.25) is 5.91 Å². The first-order valence-corrected chi connectivity index (χ1v) is 10.7. The predicted octanol–water partition coefficient (Wildman–Crippen LogP) is 2.45. The molecule has 2 amide bonds. The fraction of sp³-hybridized carbons (Fsp3) is 0.579. The summed E-state index contributed by atoms with van der Waals surface area (Å²) in [6.45, 7) is 2.14. The van der Waals surface area contributed by atoms with Crippen LogP contribution in [0.15, 0.2) is 35.2 Å². The Bertz CT molecular complexity index is 772. The lowest BCUT2D eigenvalue weighted by Gasteiger charge is -2.49. The minimum Gasteiger partial charge on any atom is -0.328 e. The average molecular weight is 378 g/mol. The number of likely N-dealkylation sites (tertiary alicyclic amines) is 1. The standard InChI is InChI=1S/C19H26N2O4S/c1-19(18(23)20-26(24,25)16-10-6-3-7-11-16)12-13-21(19)17(22)14-15-8-4-2-5-9-15/h3,6-7,10-11,15H,2,4-5,8-9,12-14H2,1H3,(H,20,23). The van der Waals surface area contributed by atoms with Gasteiger partial charge in [-0.1, -0.05) is 37.5 Å². The molecule has 1 aromatic rings. The molecule has 7 heteroatoms. The maximum atomic E-state index is 12.7. The molecule has 3 rings (SSSR count). The van der Waals surface area contributed by atoms with E-state index in [1.54, 1.807) is 25.1 Å². The molecule has 1 aromatic carbocycles. The summed E-state index contributed by atoms with van der Waals surface area (Å²) in [6.07, 6.45) is 6.59. The second-order valence-corrected chi connectivity index (χ2v) is 9.21. The van der Waals surface area contributed by atoms with Crippen molar-refractivity contribution < 1.29 is 18.0 Å². The Balaban J connectivity index is 1.65. The summed E-state index contributed by atoms with van der Waals surface area (Å²) in [7, 11) is -3.93. The van der Waals surface area contributed by atoms with Crippen LogP contribution in [0.5, 0.6) is 0 Å². The smallest absolute Gasteiger partial charge is 0.264 e. The molecule has 1 saturated heterocycles. The summed E-state index contributed by atoms with van der Waals surface area (Å²) >= 11 is 0. The predicted molar refractivity (Wildman–Crippen MR) is 97.7 cm³/mol. The SMILES string of the molecule is CC1(C(=O)NS(=O)(=O)c2ccccc2)CCN1C(=O)CC1CCCCC1. The van der Waals surface area contributed by atoms with Gasteiger partial charge in [0.1, 0.15) is 5.54 Å². The molecule has 0 radical (unpaired) electrons. The van der Waals surface area contributed by atoms with E-state index in [9.17, 15) is 18.0 Å². The first-order valence-electron chi connectivity index (χ1n) is 9.26. The molecule has 0 spiro atoms. The molecule has 0 bridgehead atoms. The zero-order valence-corrected chi connectivity index (χ0v) is 15.9. The molecular formula is C19H26N2O4S. The molecule has 1 saturated carbocycles. The normalized spacial score (nSPS) is 24.0. The lowest BCUT2D eigenvalue weighted by molar-refractivity contribution is -0.157. The van der Waals surface area contributed by atoms with Crippen LogP contribution in [-0.2, 0) is 19.6 Å². The van der Waals surface area contributed by atoms with E-state index in [0.717, 1.165) is 25.7 Å². The van der Waals surface area contributed by atoms with E-state index in [-0.39, 0.29) is 10.8 Å². The van der Waals surface area contributed by atoms with Gasteiger partial charge in [0.15, 0.2) is 0 Å². The van der Waals surface area contributed by atoms with Crippen LogP contribution in [-0.4, -0.2) is 37.2 Å². The number of nitrogens with zero attached hydrogens (tertiary/aromatic N) is 1. The number of carbonyl (C=O) groups is 2. The molecule has 1 aliphatic heterocycles. The second-order valence-electron chi connectivity index (χ2n) is 7.53. The van der Waals surface area contributed by atoms with Crippen molar-refractivity contribution in [3.63, 3.8) is 0 Å². The molecule has 1 unspecified atom stereocenters. The first kappa shape index (κ1) is 18.9. The Morgan fingerprint density at radius 2 is 1.81 bits per heavy atom. The maximum absolute atomic E-state index is 12.7. The average Bonchev–Trinajstić information content (AvgIpc) is 2.61. The van der Waals surface area contributed by atoms with E-state index in [1.165, 1.54) is 23.5 Å². The van der Waals surface area contributed by atoms with Crippen LogP contribution < -0.4 is 4.72 Å². The number of carbonyl (C=O) groups excluding carboxylic acids is 2. The van der Waals surface area contributed by atoms with Gasteiger partial charge < -0.3 is 4.90 Å². The third-order valence-corrected chi connectivity index (χ3v) is 7.02. The molecule has 2 aliphatic rings. The summed E-state index contributed by atoms with van der Waals surface area (Å²) < 4.78 is 26.9. The summed E-state index contributed by atoms with van der Waals surface area (Å²) in [5.41, 5.74) is -1.09. The topological polar surface area (TPSA) is 83.6 Å². The fourth-order valence-electron chi connectivity index (χ4n) is 3.83. The van der Waals surface area contributed by atoms with Gasteiger partial charge in [0, 0.05) is 13.0 Å². The number of benzene rings is 1. The van der Waals surface area contributed by atoms with Gasteiger partial charge in [-0.05, 0) is 44.2 Å². The van der Waals surface area contributed by atoms with Crippen molar-refractivity contribution >= 4 is 21.8 Å². The number of hydrogen-bond donors (Lipinski definition) is 1. The maximum Gasteiger partial charge on any atom is 0.264 e. The van der Waals surface area contributed by atoms with Gasteiger partial charge in [0.25, 0.3) is 15.9 Å². The molecule has 1 heterocycles. The zero-order valence-electron chi connectivity index (χ0n) is 15.1. The number of hydrogen-bond acceptors (Lipinski definition) is 4. The first-order chi connectivity index (χ1) is 12.3. The highest BCUT2D eigenvalue weighted by Gasteiger charge is 2.50. The number of sulfonamides is 1. The molecule has 142 valence electrons. The van der Waals surface area contributed by atoms with Crippen LogP contribution in [0.1, 0.15) is 51.9 Å². The molecule has 1 N–H and O–H groups in total. The van der Waals surface area contributed by atoms with Crippen LogP contribution in [0, 0.1) is 5.92 Å². The molecule has 6 nitrogen and oxygen atoms in total. The van der Waals surface area contributed by atoms with Crippen molar-refractivity contribution in [2.75, 3.05) is 6.54 Å². The second kappa shape index (κ2) is 7.39.